The highest BCUT2D eigenvalue weighted by Gasteiger charge is 2.15. The number of morpholine rings is 1. The molecule has 1 fully saturated rings. The molecular formula is C16H18N4O2S. The van der Waals surface area contributed by atoms with Crippen LogP contribution in [0.2, 0.25) is 0 Å². The molecule has 1 aromatic carbocycles. The fourth-order valence-electron chi connectivity index (χ4n) is 2.40. The molecule has 0 saturated carbocycles. The molecule has 1 aromatic heterocycles. The molecule has 1 aliphatic rings. The Balaban J connectivity index is 1.76. The monoisotopic (exact) mass is 330 g/mol. The van der Waals surface area contributed by atoms with Gasteiger partial charge in [0.15, 0.2) is 0 Å². The lowest BCUT2D eigenvalue weighted by molar-refractivity contribution is 0.102. The second-order valence-electron chi connectivity index (χ2n) is 5.02. The van der Waals surface area contributed by atoms with Crippen molar-refractivity contribution in [3.63, 3.8) is 0 Å². The maximum absolute atomic E-state index is 12.5. The van der Waals surface area contributed by atoms with Crippen molar-refractivity contribution in [2.24, 2.45) is 0 Å². The van der Waals surface area contributed by atoms with Gasteiger partial charge in [0.2, 0.25) is 0 Å². The molecule has 0 spiro atoms. The van der Waals surface area contributed by atoms with Gasteiger partial charge in [-0.3, -0.25) is 4.79 Å². The summed E-state index contributed by atoms with van der Waals surface area (Å²) >= 11 is 1.54. The summed E-state index contributed by atoms with van der Waals surface area (Å²) in [5, 5.41) is 2.85. The van der Waals surface area contributed by atoms with Crippen LogP contribution in [0.15, 0.2) is 41.6 Å². The van der Waals surface area contributed by atoms with E-state index in [1.54, 1.807) is 17.8 Å². The van der Waals surface area contributed by atoms with Crippen LogP contribution in [-0.4, -0.2) is 48.4 Å². The first kappa shape index (κ1) is 15.8. The number of anilines is 2. The molecule has 0 bridgehead atoms. The van der Waals surface area contributed by atoms with Crippen molar-refractivity contribution < 1.29 is 9.53 Å². The highest BCUT2D eigenvalue weighted by atomic mass is 32.2. The van der Waals surface area contributed by atoms with Crippen molar-refractivity contribution in [3.05, 3.63) is 42.2 Å². The maximum atomic E-state index is 12.5. The van der Waals surface area contributed by atoms with E-state index in [1.165, 1.54) is 6.33 Å². The Morgan fingerprint density at radius 3 is 2.83 bits per heavy atom. The summed E-state index contributed by atoms with van der Waals surface area (Å²) in [5.74, 6) is 1.14. The Morgan fingerprint density at radius 2 is 2.04 bits per heavy atom. The van der Waals surface area contributed by atoms with Gasteiger partial charge in [-0.25, -0.2) is 9.97 Å². The SMILES string of the molecule is CSc1ccccc1C(=O)Nc1cc(N2CCOCC2)ncn1. The average molecular weight is 330 g/mol. The van der Waals surface area contributed by atoms with Crippen molar-refractivity contribution in [1.82, 2.24) is 9.97 Å². The van der Waals surface area contributed by atoms with Crippen LogP contribution in [-0.2, 0) is 4.74 Å². The molecule has 1 saturated heterocycles. The Labute approximate surface area is 139 Å². The molecule has 2 heterocycles. The summed E-state index contributed by atoms with van der Waals surface area (Å²) in [7, 11) is 0. The minimum atomic E-state index is -0.165. The van der Waals surface area contributed by atoms with E-state index in [2.05, 4.69) is 20.2 Å². The molecule has 1 aliphatic heterocycles. The molecule has 120 valence electrons. The number of amides is 1. The number of ether oxygens (including phenoxy) is 1. The summed E-state index contributed by atoms with van der Waals surface area (Å²) in [4.78, 5) is 24.0. The third-order valence-electron chi connectivity index (χ3n) is 3.58. The van der Waals surface area contributed by atoms with Gasteiger partial charge in [-0.05, 0) is 18.4 Å². The molecule has 0 aliphatic carbocycles. The first-order valence-corrected chi connectivity index (χ1v) is 8.59. The quantitative estimate of drug-likeness (QED) is 0.868. The van der Waals surface area contributed by atoms with Crippen molar-refractivity contribution in [2.45, 2.75) is 4.90 Å². The molecule has 3 rings (SSSR count). The number of rotatable bonds is 4. The summed E-state index contributed by atoms with van der Waals surface area (Å²) in [6.45, 7) is 2.96. The van der Waals surface area contributed by atoms with E-state index in [4.69, 9.17) is 4.74 Å². The van der Waals surface area contributed by atoms with Crippen molar-refractivity contribution in [3.8, 4) is 0 Å². The van der Waals surface area contributed by atoms with Crippen molar-refractivity contribution in [1.29, 1.82) is 0 Å². The van der Waals surface area contributed by atoms with E-state index < -0.39 is 0 Å². The van der Waals surface area contributed by atoms with Gasteiger partial charge in [-0.1, -0.05) is 12.1 Å². The molecule has 1 amide bonds. The van der Waals surface area contributed by atoms with Crippen LogP contribution in [0.3, 0.4) is 0 Å². The third kappa shape index (κ3) is 3.80. The lowest BCUT2D eigenvalue weighted by atomic mass is 10.2. The molecule has 6 nitrogen and oxygen atoms in total. The summed E-state index contributed by atoms with van der Waals surface area (Å²) < 4.78 is 5.34. The van der Waals surface area contributed by atoms with Gasteiger partial charge >= 0.3 is 0 Å². The fraction of sp³-hybridized carbons (Fsp3) is 0.312. The molecule has 2 aromatic rings. The Bertz CT molecular complexity index is 689. The van der Waals surface area contributed by atoms with Crippen LogP contribution in [0.1, 0.15) is 10.4 Å². The van der Waals surface area contributed by atoms with Crippen molar-refractivity contribution in [2.75, 3.05) is 42.8 Å². The van der Waals surface area contributed by atoms with E-state index in [-0.39, 0.29) is 5.91 Å². The highest BCUT2D eigenvalue weighted by Crippen LogP contribution is 2.21. The van der Waals surface area contributed by atoms with E-state index in [0.717, 1.165) is 23.8 Å². The minimum Gasteiger partial charge on any atom is -0.378 e. The number of carbonyl (C=O) groups is 1. The number of carbonyl (C=O) groups excluding carboxylic acids is 1. The van der Waals surface area contributed by atoms with Gasteiger partial charge in [0.1, 0.15) is 18.0 Å². The summed E-state index contributed by atoms with van der Waals surface area (Å²) in [6.07, 6.45) is 3.42. The van der Waals surface area contributed by atoms with Gasteiger partial charge in [-0.15, -0.1) is 11.8 Å². The smallest absolute Gasteiger partial charge is 0.257 e. The third-order valence-corrected chi connectivity index (χ3v) is 4.38. The number of nitrogens with zero attached hydrogens (tertiary/aromatic N) is 3. The number of benzene rings is 1. The van der Waals surface area contributed by atoms with E-state index in [0.29, 0.717) is 24.6 Å². The summed E-state index contributed by atoms with van der Waals surface area (Å²) in [6, 6.07) is 9.31. The maximum Gasteiger partial charge on any atom is 0.257 e. The van der Waals surface area contributed by atoms with Crippen LogP contribution in [0.5, 0.6) is 0 Å². The Kier molecular flexibility index (Phi) is 5.09. The standard InChI is InChI=1S/C16H18N4O2S/c1-23-13-5-3-2-4-12(13)16(21)19-14-10-15(18-11-17-14)20-6-8-22-9-7-20/h2-5,10-11H,6-9H2,1H3,(H,17,18,19,21). The zero-order chi connectivity index (χ0) is 16.1. The normalized spacial score (nSPS) is 14.6. The minimum absolute atomic E-state index is 0.165. The number of thioether (sulfide) groups is 1. The van der Waals surface area contributed by atoms with Gasteiger partial charge in [-0.2, -0.15) is 0 Å². The molecule has 0 radical (unpaired) electrons. The van der Waals surface area contributed by atoms with Gasteiger partial charge in [0.05, 0.1) is 18.8 Å². The molecule has 1 N–H and O–H groups in total. The zero-order valence-electron chi connectivity index (χ0n) is 12.9. The first-order valence-electron chi connectivity index (χ1n) is 7.37. The fourth-order valence-corrected chi connectivity index (χ4v) is 2.99. The molecular weight excluding hydrogens is 312 g/mol. The summed E-state index contributed by atoms with van der Waals surface area (Å²) in [5.41, 5.74) is 0.645. The van der Waals surface area contributed by atoms with E-state index >= 15 is 0 Å². The largest absolute Gasteiger partial charge is 0.378 e. The number of nitrogens with one attached hydrogen (secondary N) is 1. The topological polar surface area (TPSA) is 67.4 Å². The van der Waals surface area contributed by atoms with Crippen LogP contribution < -0.4 is 10.2 Å². The lowest BCUT2D eigenvalue weighted by Gasteiger charge is -2.27. The molecule has 0 unspecified atom stereocenters. The van der Waals surface area contributed by atoms with E-state index in [1.807, 2.05) is 30.5 Å². The zero-order valence-corrected chi connectivity index (χ0v) is 13.7. The number of aromatic nitrogens is 2. The van der Waals surface area contributed by atoms with Crippen LogP contribution in [0.25, 0.3) is 0 Å². The average Bonchev–Trinajstić information content (AvgIpc) is 2.62. The first-order chi connectivity index (χ1) is 11.3. The van der Waals surface area contributed by atoms with Gasteiger partial charge in [0, 0.05) is 24.1 Å². The van der Waals surface area contributed by atoms with Gasteiger partial charge < -0.3 is 15.0 Å². The predicted octanol–water partition coefficient (Wildman–Crippen LogP) is 2.29. The Hall–Kier alpha value is -2.12. The Morgan fingerprint density at radius 1 is 1.26 bits per heavy atom. The second-order valence-corrected chi connectivity index (χ2v) is 5.86. The second kappa shape index (κ2) is 7.43. The predicted molar refractivity (Wildman–Crippen MR) is 91.2 cm³/mol. The highest BCUT2D eigenvalue weighted by molar-refractivity contribution is 7.98. The van der Waals surface area contributed by atoms with Crippen LogP contribution in [0, 0.1) is 0 Å². The number of hydrogen-bond acceptors (Lipinski definition) is 6. The van der Waals surface area contributed by atoms with Gasteiger partial charge in [0.25, 0.3) is 5.91 Å². The van der Waals surface area contributed by atoms with E-state index in [9.17, 15) is 4.79 Å². The van der Waals surface area contributed by atoms with Crippen LogP contribution in [0.4, 0.5) is 11.6 Å². The molecule has 23 heavy (non-hydrogen) atoms. The molecule has 7 heteroatoms. The lowest BCUT2D eigenvalue weighted by Crippen LogP contribution is -2.36. The number of hydrogen-bond donors (Lipinski definition) is 1. The van der Waals surface area contributed by atoms with Crippen LogP contribution >= 0.6 is 11.8 Å². The molecule has 0 atom stereocenters. The van der Waals surface area contributed by atoms with Crippen molar-refractivity contribution >= 4 is 29.3 Å².